The van der Waals surface area contributed by atoms with E-state index in [-0.39, 0.29) is 18.6 Å². The van der Waals surface area contributed by atoms with Crippen LogP contribution in [0.4, 0.5) is 0 Å². The van der Waals surface area contributed by atoms with Gasteiger partial charge in [-0.2, -0.15) is 11.3 Å². The van der Waals surface area contributed by atoms with Crippen molar-refractivity contribution >= 4 is 29.3 Å². The SMILES string of the molecule is O=C(COC(=O)/C=C/c1ccsc1)NC(c1ccccc1)c1ccccc1. The van der Waals surface area contributed by atoms with Crippen LogP contribution in [-0.2, 0) is 14.3 Å². The third-order valence-electron chi connectivity index (χ3n) is 3.87. The molecule has 0 fully saturated rings. The zero-order valence-electron chi connectivity index (χ0n) is 14.6. The van der Waals surface area contributed by atoms with Crippen molar-refractivity contribution in [3.05, 3.63) is 100 Å². The molecular formula is C22H19NO3S. The number of carbonyl (C=O) groups is 2. The normalized spacial score (nSPS) is 10.9. The van der Waals surface area contributed by atoms with Gasteiger partial charge in [0, 0.05) is 6.08 Å². The van der Waals surface area contributed by atoms with Gasteiger partial charge in [-0.25, -0.2) is 4.79 Å². The van der Waals surface area contributed by atoms with Crippen LogP contribution in [0.15, 0.2) is 83.6 Å². The molecule has 3 rings (SSSR count). The number of ether oxygens (including phenoxy) is 1. The standard InChI is InChI=1S/C22H19NO3S/c24-20(15-26-21(25)12-11-17-13-14-27-16-17)23-22(18-7-3-1-4-8-18)19-9-5-2-6-10-19/h1-14,16,22H,15H2,(H,23,24)/b12-11+. The van der Waals surface area contributed by atoms with E-state index < -0.39 is 5.97 Å². The smallest absolute Gasteiger partial charge is 0.331 e. The molecule has 0 unspecified atom stereocenters. The van der Waals surface area contributed by atoms with Crippen molar-refractivity contribution in [2.45, 2.75) is 6.04 Å². The molecule has 2 aromatic carbocycles. The monoisotopic (exact) mass is 377 g/mol. The summed E-state index contributed by atoms with van der Waals surface area (Å²) in [5.74, 6) is -0.905. The minimum Gasteiger partial charge on any atom is -0.452 e. The number of carbonyl (C=O) groups excluding carboxylic acids is 2. The van der Waals surface area contributed by atoms with E-state index in [0.29, 0.717) is 0 Å². The minimum absolute atomic E-state index is 0.306. The molecule has 5 heteroatoms. The summed E-state index contributed by atoms with van der Waals surface area (Å²) in [6.07, 6.45) is 2.98. The first-order valence-corrected chi connectivity index (χ1v) is 9.43. The van der Waals surface area contributed by atoms with Gasteiger partial charge in [0.2, 0.25) is 0 Å². The highest BCUT2D eigenvalue weighted by molar-refractivity contribution is 7.08. The van der Waals surface area contributed by atoms with E-state index in [1.807, 2.05) is 77.5 Å². The Bertz CT molecular complexity index is 850. The van der Waals surface area contributed by atoms with Crippen LogP contribution >= 0.6 is 11.3 Å². The quantitative estimate of drug-likeness (QED) is 0.496. The molecule has 1 amide bonds. The number of hydrogen-bond donors (Lipinski definition) is 1. The van der Waals surface area contributed by atoms with Crippen LogP contribution in [0.1, 0.15) is 22.7 Å². The molecule has 0 aliphatic carbocycles. The van der Waals surface area contributed by atoms with Crippen molar-refractivity contribution in [2.75, 3.05) is 6.61 Å². The van der Waals surface area contributed by atoms with Crippen molar-refractivity contribution < 1.29 is 14.3 Å². The fourth-order valence-corrected chi connectivity index (χ4v) is 3.20. The predicted octanol–water partition coefficient (Wildman–Crippen LogP) is 4.21. The molecule has 4 nitrogen and oxygen atoms in total. The van der Waals surface area contributed by atoms with Gasteiger partial charge in [-0.1, -0.05) is 60.7 Å². The average molecular weight is 377 g/mol. The Morgan fingerprint density at radius 1 is 0.963 bits per heavy atom. The highest BCUT2D eigenvalue weighted by Gasteiger charge is 2.17. The second kappa shape index (κ2) is 9.50. The fourth-order valence-electron chi connectivity index (χ4n) is 2.57. The lowest BCUT2D eigenvalue weighted by Crippen LogP contribution is -2.32. The Labute approximate surface area is 162 Å². The number of thiophene rings is 1. The molecule has 1 N–H and O–H groups in total. The Morgan fingerprint density at radius 3 is 2.15 bits per heavy atom. The summed E-state index contributed by atoms with van der Waals surface area (Å²) in [6, 6.07) is 20.9. The molecule has 0 saturated carbocycles. The summed E-state index contributed by atoms with van der Waals surface area (Å²) in [5, 5.41) is 6.78. The lowest BCUT2D eigenvalue weighted by Gasteiger charge is -2.19. The molecule has 0 radical (unpaired) electrons. The topological polar surface area (TPSA) is 55.4 Å². The molecule has 0 aliphatic rings. The Hall–Kier alpha value is -3.18. The van der Waals surface area contributed by atoms with Gasteiger partial charge in [0.05, 0.1) is 6.04 Å². The zero-order valence-corrected chi connectivity index (χ0v) is 15.4. The maximum Gasteiger partial charge on any atom is 0.331 e. The second-order valence-electron chi connectivity index (χ2n) is 5.82. The molecule has 3 aromatic rings. The van der Waals surface area contributed by atoms with Gasteiger partial charge in [0.15, 0.2) is 6.61 Å². The number of nitrogens with one attached hydrogen (secondary N) is 1. The average Bonchev–Trinajstić information content (AvgIpc) is 3.24. The number of esters is 1. The molecule has 27 heavy (non-hydrogen) atoms. The molecular weight excluding hydrogens is 358 g/mol. The summed E-state index contributed by atoms with van der Waals surface area (Å²) in [5.41, 5.74) is 2.84. The Kier molecular flexibility index (Phi) is 6.55. The van der Waals surface area contributed by atoms with Crippen molar-refractivity contribution in [3.8, 4) is 0 Å². The van der Waals surface area contributed by atoms with Gasteiger partial charge < -0.3 is 10.1 Å². The number of benzene rings is 2. The first-order valence-electron chi connectivity index (χ1n) is 8.48. The number of hydrogen-bond acceptors (Lipinski definition) is 4. The minimum atomic E-state index is -0.549. The van der Waals surface area contributed by atoms with Crippen molar-refractivity contribution in [3.63, 3.8) is 0 Å². The van der Waals surface area contributed by atoms with Gasteiger partial charge in [-0.05, 0) is 39.6 Å². The van der Waals surface area contributed by atoms with E-state index in [2.05, 4.69) is 5.32 Å². The van der Waals surface area contributed by atoms with Crippen LogP contribution < -0.4 is 5.32 Å². The molecule has 0 bridgehead atoms. The van der Waals surface area contributed by atoms with Crippen LogP contribution in [0.25, 0.3) is 6.08 Å². The van der Waals surface area contributed by atoms with Crippen LogP contribution in [0.5, 0.6) is 0 Å². The van der Waals surface area contributed by atoms with Gasteiger partial charge in [-0.15, -0.1) is 0 Å². The highest BCUT2D eigenvalue weighted by atomic mass is 32.1. The maximum atomic E-state index is 12.3. The molecule has 0 atom stereocenters. The van der Waals surface area contributed by atoms with Crippen LogP contribution in [0.2, 0.25) is 0 Å². The molecule has 0 spiro atoms. The van der Waals surface area contributed by atoms with Crippen LogP contribution in [-0.4, -0.2) is 18.5 Å². The number of amides is 1. The molecule has 1 aromatic heterocycles. The predicted molar refractivity (Wildman–Crippen MR) is 107 cm³/mol. The van der Waals surface area contributed by atoms with E-state index in [9.17, 15) is 9.59 Å². The summed E-state index contributed by atoms with van der Waals surface area (Å²) in [4.78, 5) is 24.1. The van der Waals surface area contributed by atoms with E-state index in [1.54, 1.807) is 17.4 Å². The summed E-state index contributed by atoms with van der Waals surface area (Å²) in [6.45, 7) is -0.330. The first kappa shape index (κ1) is 18.6. The largest absolute Gasteiger partial charge is 0.452 e. The van der Waals surface area contributed by atoms with Gasteiger partial charge in [0.25, 0.3) is 5.91 Å². The second-order valence-corrected chi connectivity index (χ2v) is 6.60. The van der Waals surface area contributed by atoms with E-state index in [0.717, 1.165) is 16.7 Å². The summed E-state index contributed by atoms with van der Waals surface area (Å²) >= 11 is 1.54. The maximum absolute atomic E-state index is 12.3. The Balaban J connectivity index is 1.60. The van der Waals surface area contributed by atoms with Crippen LogP contribution in [0, 0.1) is 0 Å². The third-order valence-corrected chi connectivity index (χ3v) is 4.57. The fraction of sp³-hybridized carbons (Fsp3) is 0.0909. The number of rotatable bonds is 7. The summed E-state index contributed by atoms with van der Waals surface area (Å²) in [7, 11) is 0. The lowest BCUT2D eigenvalue weighted by molar-refractivity contribution is -0.143. The van der Waals surface area contributed by atoms with Crippen LogP contribution in [0.3, 0.4) is 0 Å². The van der Waals surface area contributed by atoms with Crippen molar-refractivity contribution in [1.29, 1.82) is 0 Å². The third kappa shape index (κ3) is 5.66. The van der Waals surface area contributed by atoms with Crippen molar-refractivity contribution in [2.24, 2.45) is 0 Å². The summed E-state index contributed by atoms with van der Waals surface area (Å²) < 4.78 is 5.04. The molecule has 0 aliphatic heterocycles. The van der Waals surface area contributed by atoms with E-state index >= 15 is 0 Å². The van der Waals surface area contributed by atoms with Gasteiger partial charge >= 0.3 is 5.97 Å². The van der Waals surface area contributed by atoms with Crippen molar-refractivity contribution in [1.82, 2.24) is 5.32 Å². The zero-order chi connectivity index (χ0) is 18.9. The molecule has 0 saturated heterocycles. The van der Waals surface area contributed by atoms with Gasteiger partial charge in [0.1, 0.15) is 0 Å². The van der Waals surface area contributed by atoms with E-state index in [4.69, 9.17) is 4.74 Å². The van der Waals surface area contributed by atoms with Gasteiger partial charge in [-0.3, -0.25) is 4.79 Å². The Morgan fingerprint density at radius 2 is 1.59 bits per heavy atom. The molecule has 136 valence electrons. The first-order chi connectivity index (χ1) is 13.2. The lowest BCUT2D eigenvalue weighted by atomic mass is 9.99. The molecule has 1 heterocycles. The van der Waals surface area contributed by atoms with E-state index in [1.165, 1.54) is 6.08 Å². The highest BCUT2D eigenvalue weighted by Crippen LogP contribution is 2.21.